The fourth-order valence-corrected chi connectivity index (χ4v) is 2.14. The first-order valence-electron chi connectivity index (χ1n) is 7.61. The van der Waals surface area contributed by atoms with E-state index in [1.807, 2.05) is 26.1 Å². The molecule has 0 radical (unpaired) electrons. The smallest absolute Gasteiger partial charge is 0.258 e. The van der Waals surface area contributed by atoms with E-state index in [-0.39, 0.29) is 24.3 Å². The molecule has 0 aliphatic heterocycles. The highest BCUT2D eigenvalue weighted by Crippen LogP contribution is 2.13. The van der Waals surface area contributed by atoms with Crippen LogP contribution in [0.2, 0.25) is 0 Å². The predicted molar refractivity (Wildman–Crippen MR) is 86.4 cm³/mol. The summed E-state index contributed by atoms with van der Waals surface area (Å²) < 4.78 is 7.19. The molecule has 1 N–H and O–H groups in total. The summed E-state index contributed by atoms with van der Waals surface area (Å²) in [5, 5.41) is 6.94. The molecule has 1 aromatic heterocycles. The van der Waals surface area contributed by atoms with Crippen LogP contribution in [-0.2, 0) is 11.3 Å². The van der Waals surface area contributed by atoms with Crippen LogP contribution in [0.3, 0.4) is 0 Å². The van der Waals surface area contributed by atoms with Crippen molar-refractivity contribution in [3.63, 3.8) is 0 Å². The third-order valence-electron chi connectivity index (χ3n) is 3.29. The lowest BCUT2D eigenvalue weighted by Gasteiger charge is -2.14. The Hall–Kier alpha value is -2.63. The molecule has 0 bridgehead atoms. The summed E-state index contributed by atoms with van der Waals surface area (Å²) >= 11 is 0. The summed E-state index contributed by atoms with van der Waals surface area (Å²) in [7, 11) is 0. The van der Waals surface area contributed by atoms with Crippen LogP contribution in [0.4, 0.5) is 0 Å². The molecule has 1 unspecified atom stereocenters. The van der Waals surface area contributed by atoms with Gasteiger partial charge in [0.1, 0.15) is 5.75 Å². The lowest BCUT2D eigenvalue weighted by molar-refractivity contribution is -0.123. The van der Waals surface area contributed by atoms with E-state index in [0.29, 0.717) is 24.3 Å². The number of nitrogens with zero attached hydrogens (tertiary/aromatic N) is 2. The summed E-state index contributed by atoms with van der Waals surface area (Å²) in [6.07, 6.45) is 4.01. The van der Waals surface area contributed by atoms with Crippen molar-refractivity contribution in [3.05, 3.63) is 48.3 Å². The van der Waals surface area contributed by atoms with Gasteiger partial charge in [-0.25, -0.2) is 0 Å². The van der Waals surface area contributed by atoms with Crippen LogP contribution in [0.25, 0.3) is 0 Å². The summed E-state index contributed by atoms with van der Waals surface area (Å²) in [6.45, 7) is 4.27. The van der Waals surface area contributed by atoms with Gasteiger partial charge in [-0.3, -0.25) is 14.3 Å². The fraction of sp³-hybridized carbons (Fsp3) is 0.353. The summed E-state index contributed by atoms with van der Waals surface area (Å²) in [4.78, 5) is 23.4. The van der Waals surface area contributed by atoms with Gasteiger partial charge in [0.2, 0.25) is 0 Å². The van der Waals surface area contributed by atoms with E-state index in [0.717, 1.165) is 0 Å². The first kappa shape index (κ1) is 16.7. The zero-order valence-corrected chi connectivity index (χ0v) is 13.4. The van der Waals surface area contributed by atoms with Crippen LogP contribution in [0.5, 0.6) is 5.75 Å². The van der Waals surface area contributed by atoms with Gasteiger partial charge in [0.25, 0.3) is 5.91 Å². The maximum atomic E-state index is 11.9. The van der Waals surface area contributed by atoms with Crippen molar-refractivity contribution in [2.45, 2.75) is 32.9 Å². The molecule has 0 aliphatic rings. The summed E-state index contributed by atoms with van der Waals surface area (Å²) in [6, 6.07) is 8.60. The van der Waals surface area contributed by atoms with Crippen LogP contribution in [0, 0.1) is 0 Å². The topological polar surface area (TPSA) is 73.2 Å². The second-order valence-corrected chi connectivity index (χ2v) is 5.29. The molecule has 0 spiro atoms. The highest BCUT2D eigenvalue weighted by Gasteiger charge is 2.09. The molecular formula is C17H21N3O3. The van der Waals surface area contributed by atoms with Crippen molar-refractivity contribution in [2.75, 3.05) is 6.61 Å². The van der Waals surface area contributed by atoms with E-state index >= 15 is 0 Å². The van der Waals surface area contributed by atoms with Crippen molar-refractivity contribution in [1.82, 2.24) is 15.1 Å². The number of hydrogen-bond donors (Lipinski definition) is 1. The Labute approximate surface area is 135 Å². The first-order valence-corrected chi connectivity index (χ1v) is 7.61. The third-order valence-corrected chi connectivity index (χ3v) is 3.29. The lowest BCUT2D eigenvalue weighted by atomic mass is 10.1. The predicted octanol–water partition coefficient (Wildman–Crippen LogP) is 2.06. The minimum absolute atomic E-state index is 0.0458. The number of rotatable bonds is 8. The molecule has 1 amide bonds. The molecular weight excluding hydrogens is 294 g/mol. The van der Waals surface area contributed by atoms with Gasteiger partial charge in [-0.2, -0.15) is 5.10 Å². The van der Waals surface area contributed by atoms with Gasteiger partial charge in [-0.05, 0) is 37.3 Å². The maximum Gasteiger partial charge on any atom is 0.258 e. The molecule has 1 atom stereocenters. The Bertz CT molecular complexity index is 636. The molecule has 23 heavy (non-hydrogen) atoms. The van der Waals surface area contributed by atoms with E-state index in [1.54, 1.807) is 35.1 Å². The number of benzene rings is 1. The van der Waals surface area contributed by atoms with Crippen LogP contribution in [0.15, 0.2) is 42.7 Å². The molecule has 2 rings (SSSR count). The van der Waals surface area contributed by atoms with E-state index < -0.39 is 0 Å². The van der Waals surface area contributed by atoms with E-state index in [2.05, 4.69) is 10.4 Å². The molecule has 6 heteroatoms. The molecule has 2 aromatic rings. The van der Waals surface area contributed by atoms with Crippen LogP contribution in [-0.4, -0.2) is 34.1 Å². The first-order chi connectivity index (χ1) is 11.1. The van der Waals surface area contributed by atoms with Crippen molar-refractivity contribution in [3.8, 4) is 5.75 Å². The van der Waals surface area contributed by atoms with Crippen LogP contribution >= 0.6 is 0 Å². The number of ether oxygens (including phenoxy) is 1. The molecule has 0 fully saturated rings. The molecule has 0 aliphatic carbocycles. The SMILES string of the molecule is CCC(=O)c1ccc(OCC(=O)NC(C)Cn2cccn2)cc1. The molecule has 1 aromatic carbocycles. The highest BCUT2D eigenvalue weighted by atomic mass is 16.5. The summed E-state index contributed by atoms with van der Waals surface area (Å²) in [5.41, 5.74) is 0.650. The van der Waals surface area contributed by atoms with Gasteiger partial charge in [-0.15, -0.1) is 0 Å². The molecule has 6 nitrogen and oxygen atoms in total. The van der Waals surface area contributed by atoms with Crippen molar-refractivity contribution in [2.24, 2.45) is 0 Å². The average Bonchev–Trinajstić information content (AvgIpc) is 3.05. The number of carbonyl (C=O) groups is 2. The number of Topliss-reactive ketones (excluding diaryl/α,β-unsaturated/α-hetero) is 1. The van der Waals surface area contributed by atoms with Gasteiger partial charge >= 0.3 is 0 Å². The van der Waals surface area contributed by atoms with Crippen molar-refractivity contribution >= 4 is 11.7 Å². The Balaban J connectivity index is 1.76. The van der Waals surface area contributed by atoms with Crippen molar-refractivity contribution in [1.29, 1.82) is 0 Å². The van der Waals surface area contributed by atoms with E-state index in [9.17, 15) is 9.59 Å². The average molecular weight is 315 g/mol. The van der Waals surface area contributed by atoms with Crippen LogP contribution < -0.4 is 10.1 Å². The Kier molecular flexibility index (Phi) is 5.91. The maximum absolute atomic E-state index is 11.9. The monoisotopic (exact) mass is 315 g/mol. The second-order valence-electron chi connectivity index (χ2n) is 5.29. The molecule has 0 saturated carbocycles. The zero-order chi connectivity index (χ0) is 16.7. The van der Waals surface area contributed by atoms with E-state index in [4.69, 9.17) is 4.74 Å². The van der Waals surface area contributed by atoms with Gasteiger partial charge in [0.05, 0.1) is 6.54 Å². The molecule has 1 heterocycles. The summed E-state index contributed by atoms with van der Waals surface area (Å²) in [5.74, 6) is 0.452. The quantitative estimate of drug-likeness (QED) is 0.757. The lowest BCUT2D eigenvalue weighted by Crippen LogP contribution is -2.38. The second kappa shape index (κ2) is 8.12. The minimum Gasteiger partial charge on any atom is -0.484 e. The Morgan fingerprint density at radius 1 is 1.30 bits per heavy atom. The zero-order valence-electron chi connectivity index (χ0n) is 13.4. The van der Waals surface area contributed by atoms with E-state index in [1.165, 1.54) is 0 Å². The van der Waals surface area contributed by atoms with Gasteiger partial charge in [-0.1, -0.05) is 6.92 Å². The van der Waals surface area contributed by atoms with Gasteiger partial charge in [0.15, 0.2) is 12.4 Å². The minimum atomic E-state index is -0.196. The van der Waals surface area contributed by atoms with Gasteiger partial charge in [0, 0.05) is 30.4 Å². The number of amides is 1. The standard InChI is InChI=1S/C17H21N3O3/c1-3-16(21)14-5-7-15(8-6-14)23-12-17(22)19-13(2)11-20-10-4-9-18-20/h4-10,13H,3,11-12H2,1-2H3,(H,19,22). The van der Waals surface area contributed by atoms with Crippen molar-refractivity contribution < 1.29 is 14.3 Å². The Morgan fingerprint density at radius 2 is 2.04 bits per heavy atom. The van der Waals surface area contributed by atoms with Crippen LogP contribution in [0.1, 0.15) is 30.6 Å². The molecule has 122 valence electrons. The third kappa shape index (κ3) is 5.25. The number of carbonyl (C=O) groups excluding carboxylic acids is 2. The van der Waals surface area contributed by atoms with Gasteiger partial charge < -0.3 is 10.1 Å². The largest absolute Gasteiger partial charge is 0.484 e. The highest BCUT2D eigenvalue weighted by molar-refractivity contribution is 5.95. The number of aromatic nitrogens is 2. The Morgan fingerprint density at radius 3 is 2.65 bits per heavy atom. The molecule has 0 saturated heterocycles. The fourth-order valence-electron chi connectivity index (χ4n) is 2.14. The number of hydrogen-bond acceptors (Lipinski definition) is 4. The normalized spacial score (nSPS) is 11.7. The number of nitrogens with one attached hydrogen (secondary N) is 1. The number of ketones is 1.